The Balaban J connectivity index is 1.74. The summed E-state index contributed by atoms with van der Waals surface area (Å²) in [6.07, 6.45) is 8.76. The minimum Gasteiger partial charge on any atom is -0.367 e. The van der Waals surface area contributed by atoms with Crippen molar-refractivity contribution < 1.29 is 0 Å². The van der Waals surface area contributed by atoms with Gasteiger partial charge in [0, 0.05) is 29.0 Å². The Bertz CT molecular complexity index is 832. The van der Waals surface area contributed by atoms with Crippen molar-refractivity contribution in [1.29, 1.82) is 0 Å². The van der Waals surface area contributed by atoms with Crippen molar-refractivity contribution in [2.24, 2.45) is 5.92 Å². The number of fused-ring (bicyclic) bond motifs is 1. The maximum atomic E-state index is 6.03. The predicted molar refractivity (Wildman–Crippen MR) is 98.5 cm³/mol. The smallest absolute Gasteiger partial charge is 0.235 e. The topological polar surface area (TPSA) is 42.2 Å². The van der Waals surface area contributed by atoms with Crippen LogP contribution in [0.1, 0.15) is 32.6 Å². The van der Waals surface area contributed by atoms with E-state index in [0.717, 1.165) is 28.0 Å². The number of hydrogen-bond acceptors (Lipinski definition) is 3. The van der Waals surface area contributed by atoms with Gasteiger partial charge in [0.1, 0.15) is 11.5 Å². The molecule has 1 fully saturated rings. The molecule has 0 aliphatic heterocycles. The zero-order valence-corrected chi connectivity index (χ0v) is 14.5. The molecule has 124 valence electrons. The van der Waals surface area contributed by atoms with Crippen molar-refractivity contribution in [3.05, 3.63) is 47.7 Å². The third-order valence-electron chi connectivity index (χ3n) is 4.88. The van der Waals surface area contributed by atoms with Gasteiger partial charge < -0.3 is 5.32 Å². The van der Waals surface area contributed by atoms with Crippen LogP contribution in [0.5, 0.6) is 0 Å². The van der Waals surface area contributed by atoms with Crippen LogP contribution in [0.25, 0.3) is 17.0 Å². The average Bonchev–Trinajstić information content (AvgIpc) is 2.96. The number of nitrogens with zero attached hydrogens (tertiary/aromatic N) is 3. The molecule has 24 heavy (non-hydrogen) atoms. The molecular weight excluding hydrogens is 320 g/mol. The summed E-state index contributed by atoms with van der Waals surface area (Å²) < 4.78 is 2.04. The summed E-state index contributed by atoms with van der Waals surface area (Å²) in [5.41, 5.74) is 1.99. The molecule has 0 radical (unpaired) electrons. The van der Waals surface area contributed by atoms with Crippen molar-refractivity contribution >= 4 is 23.2 Å². The van der Waals surface area contributed by atoms with Crippen LogP contribution in [0.4, 0.5) is 5.82 Å². The lowest BCUT2D eigenvalue weighted by Gasteiger charge is -2.27. The van der Waals surface area contributed by atoms with Gasteiger partial charge in [0.05, 0.1) is 0 Å². The number of nitrogens with one attached hydrogen (secondary N) is 1. The normalized spacial score (nSPS) is 21.1. The van der Waals surface area contributed by atoms with Gasteiger partial charge in [-0.05, 0) is 49.8 Å². The third-order valence-corrected chi connectivity index (χ3v) is 5.13. The Hall–Kier alpha value is -2.07. The number of hydrogen-bond donors (Lipinski definition) is 1. The Kier molecular flexibility index (Phi) is 4.15. The van der Waals surface area contributed by atoms with E-state index < -0.39 is 0 Å². The molecule has 1 saturated carbocycles. The second-order valence-electron chi connectivity index (χ2n) is 6.71. The Morgan fingerprint density at radius 1 is 1.12 bits per heavy atom. The van der Waals surface area contributed by atoms with E-state index >= 15 is 0 Å². The summed E-state index contributed by atoms with van der Waals surface area (Å²) in [4.78, 5) is 9.14. The molecule has 1 aliphatic carbocycles. The van der Waals surface area contributed by atoms with Crippen LogP contribution < -0.4 is 5.32 Å². The molecule has 2 heterocycles. The number of imidazole rings is 1. The predicted octanol–water partition coefficient (Wildman–Crippen LogP) is 5.04. The lowest BCUT2D eigenvalue weighted by molar-refractivity contribution is 0.361. The second kappa shape index (κ2) is 6.44. The Morgan fingerprint density at radius 3 is 2.62 bits per heavy atom. The monoisotopic (exact) mass is 340 g/mol. The van der Waals surface area contributed by atoms with Crippen molar-refractivity contribution in [3.63, 3.8) is 0 Å². The number of aromatic nitrogens is 3. The van der Waals surface area contributed by atoms with Crippen LogP contribution in [0.2, 0.25) is 5.02 Å². The number of anilines is 1. The zero-order chi connectivity index (χ0) is 16.5. The lowest BCUT2D eigenvalue weighted by atomic mass is 9.87. The van der Waals surface area contributed by atoms with Crippen LogP contribution in [0.3, 0.4) is 0 Å². The summed E-state index contributed by atoms with van der Waals surface area (Å²) in [6, 6.07) is 10.3. The van der Waals surface area contributed by atoms with Gasteiger partial charge in [0.15, 0.2) is 0 Å². The minimum absolute atomic E-state index is 0.493. The van der Waals surface area contributed by atoms with Gasteiger partial charge in [-0.15, -0.1) is 0 Å². The highest BCUT2D eigenvalue weighted by Crippen LogP contribution is 2.32. The van der Waals surface area contributed by atoms with Crippen molar-refractivity contribution in [2.45, 2.75) is 38.6 Å². The van der Waals surface area contributed by atoms with Crippen LogP contribution in [-0.4, -0.2) is 20.4 Å². The van der Waals surface area contributed by atoms with Crippen molar-refractivity contribution in [3.8, 4) is 11.3 Å². The average molecular weight is 341 g/mol. The van der Waals surface area contributed by atoms with E-state index in [-0.39, 0.29) is 0 Å². The molecule has 4 nitrogen and oxygen atoms in total. The van der Waals surface area contributed by atoms with Gasteiger partial charge in [-0.2, -0.15) is 0 Å². The van der Waals surface area contributed by atoms with Gasteiger partial charge in [0.2, 0.25) is 5.78 Å². The fraction of sp³-hybridized carbons (Fsp3) is 0.368. The highest BCUT2D eigenvalue weighted by Gasteiger charge is 2.22. The SMILES string of the molecule is CC1CCC(Nc2c(-c3ccc(Cl)cc3)nc3ncccn23)CC1. The lowest BCUT2D eigenvalue weighted by Crippen LogP contribution is -2.26. The van der Waals surface area contributed by atoms with Gasteiger partial charge in [-0.1, -0.05) is 30.7 Å². The quantitative estimate of drug-likeness (QED) is 0.726. The van der Waals surface area contributed by atoms with Gasteiger partial charge in [-0.3, -0.25) is 4.40 Å². The first-order chi connectivity index (χ1) is 11.7. The van der Waals surface area contributed by atoms with Crippen LogP contribution in [-0.2, 0) is 0 Å². The molecule has 4 rings (SSSR count). The third kappa shape index (κ3) is 2.98. The molecule has 0 amide bonds. The highest BCUT2D eigenvalue weighted by atomic mass is 35.5. The largest absolute Gasteiger partial charge is 0.367 e. The van der Waals surface area contributed by atoms with Crippen LogP contribution >= 0.6 is 11.6 Å². The van der Waals surface area contributed by atoms with E-state index in [1.54, 1.807) is 6.20 Å². The maximum absolute atomic E-state index is 6.03. The molecule has 5 heteroatoms. The van der Waals surface area contributed by atoms with E-state index in [4.69, 9.17) is 16.6 Å². The summed E-state index contributed by atoms with van der Waals surface area (Å²) in [5.74, 6) is 2.58. The molecule has 3 aromatic rings. The first kappa shape index (κ1) is 15.5. The van der Waals surface area contributed by atoms with Crippen LogP contribution in [0, 0.1) is 5.92 Å². The Morgan fingerprint density at radius 2 is 1.88 bits per heavy atom. The summed E-state index contributed by atoms with van der Waals surface area (Å²) >= 11 is 6.03. The van der Waals surface area contributed by atoms with E-state index in [2.05, 4.69) is 17.2 Å². The van der Waals surface area contributed by atoms with Gasteiger partial charge in [0.25, 0.3) is 0 Å². The van der Waals surface area contributed by atoms with Gasteiger partial charge >= 0.3 is 0 Å². The van der Waals surface area contributed by atoms with E-state index in [1.165, 1.54) is 25.7 Å². The minimum atomic E-state index is 0.493. The zero-order valence-electron chi connectivity index (χ0n) is 13.7. The van der Waals surface area contributed by atoms with Crippen LogP contribution in [0.15, 0.2) is 42.7 Å². The molecule has 0 atom stereocenters. The van der Waals surface area contributed by atoms with E-state index in [9.17, 15) is 0 Å². The summed E-state index contributed by atoms with van der Waals surface area (Å²) in [7, 11) is 0. The van der Waals surface area contributed by atoms with E-state index in [1.807, 2.05) is 40.9 Å². The molecule has 1 aliphatic rings. The summed E-state index contributed by atoms with van der Waals surface area (Å²) in [5, 5.41) is 4.47. The van der Waals surface area contributed by atoms with Gasteiger partial charge in [-0.25, -0.2) is 9.97 Å². The maximum Gasteiger partial charge on any atom is 0.235 e. The molecular formula is C19H21ClN4. The Labute approximate surface area is 146 Å². The fourth-order valence-corrected chi connectivity index (χ4v) is 3.56. The standard InChI is InChI=1S/C19H21ClN4/c1-13-3-9-16(10-4-13)22-18-17(14-5-7-15(20)8-6-14)23-19-21-11-2-12-24(18)19/h2,5-8,11-13,16,22H,3-4,9-10H2,1H3. The molecule has 1 aromatic carbocycles. The molecule has 2 aromatic heterocycles. The molecule has 1 N–H and O–H groups in total. The highest BCUT2D eigenvalue weighted by molar-refractivity contribution is 6.30. The first-order valence-electron chi connectivity index (χ1n) is 8.56. The molecule has 0 bridgehead atoms. The fourth-order valence-electron chi connectivity index (χ4n) is 3.43. The first-order valence-corrected chi connectivity index (χ1v) is 8.94. The number of halogens is 1. The second-order valence-corrected chi connectivity index (χ2v) is 7.14. The molecule has 0 saturated heterocycles. The molecule has 0 unspecified atom stereocenters. The van der Waals surface area contributed by atoms with Crippen molar-refractivity contribution in [1.82, 2.24) is 14.4 Å². The molecule has 0 spiro atoms. The number of benzene rings is 1. The summed E-state index contributed by atoms with van der Waals surface area (Å²) in [6.45, 7) is 2.34. The van der Waals surface area contributed by atoms with Crippen molar-refractivity contribution in [2.75, 3.05) is 5.32 Å². The number of rotatable bonds is 3. The van der Waals surface area contributed by atoms with E-state index in [0.29, 0.717) is 11.8 Å².